The first-order valence-electron chi connectivity index (χ1n) is 11.9. The Hall–Kier alpha value is -3.20. The molecule has 39 heavy (non-hydrogen) atoms. The highest BCUT2D eigenvalue weighted by atomic mass is 35.5. The van der Waals surface area contributed by atoms with Gasteiger partial charge in [0, 0.05) is 24.3 Å². The van der Waals surface area contributed by atoms with Crippen LogP contribution < -0.4 is 9.64 Å². The summed E-state index contributed by atoms with van der Waals surface area (Å²) in [6.07, 6.45) is -6.99. The summed E-state index contributed by atoms with van der Waals surface area (Å²) in [5.74, 6) is -2.76. The smallest absolute Gasteiger partial charge is 0.475 e. The minimum absolute atomic E-state index is 0.237. The molecule has 3 N–H and O–H groups in total. The third kappa shape index (κ3) is 5.88. The number of hydrogen-bond donors (Lipinski definition) is 3. The van der Waals surface area contributed by atoms with E-state index in [1.807, 2.05) is 29.2 Å². The summed E-state index contributed by atoms with van der Waals surface area (Å²) in [6, 6.07) is 9.85. The Balaban J connectivity index is 0.000000392. The molecule has 15 heteroatoms. The van der Waals surface area contributed by atoms with Gasteiger partial charge in [0.05, 0.1) is 29.4 Å². The Morgan fingerprint density at radius 3 is 2.49 bits per heavy atom. The molecule has 2 aromatic heterocycles. The van der Waals surface area contributed by atoms with Crippen molar-refractivity contribution in [1.29, 1.82) is 0 Å². The fourth-order valence-electron chi connectivity index (χ4n) is 4.62. The van der Waals surface area contributed by atoms with Crippen molar-refractivity contribution in [3.05, 3.63) is 35.4 Å². The maximum atomic E-state index is 13.5. The molecule has 3 aliphatic rings. The highest BCUT2D eigenvalue weighted by Gasteiger charge is 2.48. The van der Waals surface area contributed by atoms with Gasteiger partial charge in [-0.15, -0.1) is 0 Å². The zero-order valence-electron chi connectivity index (χ0n) is 20.1. The molecule has 3 saturated heterocycles. The number of nitrogens with one attached hydrogen (secondary N) is 1. The molecule has 3 aliphatic heterocycles. The molecule has 5 atom stereocenters. The van der Waals surface area contributed by atoms with Crippen molar-refractivity contribution < 1.29 is 46.8 Å². The normalized spacial score (nSPS) is 26.4. The second kappa shape index (κ2) is 10.8. The number of hydrogen-bond acceptors (Lipinski definition) is 8. The quantitative estimate of drug-likeness (QED) is 0.402. The molecule has 0 radical (unpaired) electrons. The number of fused-ring (bicyclic) bond motifs is 2. The number of rotatable bonds is 4. The maximum absolute atomic E-state index is 13.5. The predicted molar refractivity (Wildman–Crippen MR) is 130 cm³/mol. The van der Waals surface area contributed by atoms with E-state index in [0.717, 1.165) is 17.8 Å². The lowest BCUT2D eigenvalue weighted by Crippen LogP contribution is -2.34. The van der Waals surface area contributed by atoms with Gasteiger partial charge in [0.15, 0.2) is 11.8 Å². The van der Waals surface area contributed by atoms with Crippen molar-refractivity contribution in [3.63, 3.8) is 0 Å². The van der Waals surface area contributed by atoms with Crippen molar-refractivity contribution >= 4 is 34.4 Å². The fourth-order valence-corrected chi connectivity index (χ4v) is 4.89. The number of pyridine rings is 1. The van der Waals surface area contributed by atoms with Crippen molar-refractivity contribution in [2.75, 3.05) is 31.2 Å². The largest absolute Gasteiger partial charge is 0.490 e. The van der Waals surface area contributed by atoms with Crippen LogP contribution in [0.2, 0.25) is 5.02 Å². The molecule has 1 aromatic carbocycles. The number of aromatic nitrogens is 3. The Kier molecular flexibility index (Phi) is 7.55. The number of nitrogens with zero attached hydrogens (tertiary/aromatic N) is 3. The zero-order valence-corrected chi connectivity index (χ0v) is 20.8. The molecule has 0 aliphatic carbocycles. The van der Waals surface area contributed by atoms with Gasteiger partial charge < -0.3 is 34.3 Å². The van der Waals surface area contributed by atoms with Crippen LogP contribution in [0.15, 0.2) is 30.3 Å². The molecular formula is C24H23ClF4N4O6. The van der Waals surface area contributed by atoms with Gasteiger partial charge in [-0.3, -0.25) is 0 Å². The molecule has 10 nitrogen and oxygen atoms in total. The summed E-state index contributed by atoms with van der Waals surface area (Å²) in [5.41, 5.74) is 3.57. The second-order valence-electron chi connectivity index (χ2n) is 9.23. The van der Waals surface area contributed by atoms with E-state index in [-0.39, 0.29) is 24.9 Å². The number of anilines is 1. The van der Waals surface area contributed by atoms with E-state index in [0.29, 0.717) is 47.5 Å². The van der Waals surface area contributed by atoms with Crippen LogP contribution in [0.25, 0.3) is 22.4 Å². The zero-order chi connectivity index (χ0) is 27.9. The third-order valence-corrected chi connectivity index (χ3v) is 6.82. The number of aliphatic carboxylic acids is 1. The monoisotopic (exact) mass is 574 g/mol. The van der Waals surface area contributed by atoms with Crippen LogP contribution in [0.4, 0.5) is 23.2 Å². The Bertz CT molecular complexity index is 1340. The van der Waals surface area contributed by atoms with Crippen LogP contribution >= 0.6 is 11.6 Å². The fraction of sp³-hybridized carbons (Fsp3) is 0.458. The van der Waals surface area contributed by atoms with Crippen LogP contribution in [-0.4, -0.2) is 94.2 Å². The number of aliphatic hydroxyl groups is 1. The predicted octanol–water partition coefficient (Wildman–Crippen LogP) is 3.37. The molecule has 3 fully saturated rings. The number of carboxylic acid groups (broad SMARTS) is 1. The van der Waals surface area contributed by atoms with Crippen molar-refractivity contribution in [2.24, 2.45) is 0 Å². The van der Waals surface area contributed by atoms with Gasteiger partial charge >= 0.3 is 12.1 Å². The summed E-state index contributed by atoms with van der Waals surface area (Å²) < 4.78 is 62.4. The number of aliphatic hydroxyl groups excluding tert-OH is 1. The summed E-state index contributed by atoms with van der Waals surface area (Å²) in [7, 11) is 0. The van der Waals surface area contributed by atoms with Crippen LogP contribution in [-0.2, 0) is 14.3 Å². The molecule has 0 spiro atoms. The van der Waals surface area contributed by atoms with E-state index in [4.69, 9.17) is 35.7 Å². The molecule has 5 heterocycles. The maximum Gasteiger partial charge on any atom is 0.490 e. The van der Waals surface area contributed by atoms with Gasteiger partial charge in [-0.1, -0.05) is 23.7 Å². The van der Waals surface area contributed by atoms with Gasteiger partial charge in [0.2, 0.25) is 0 Å². The number of halogens is 5. The van der Waals surface area contributed by atoms with Crippen LogP contribution in [0.3, 0.4) is 0 Å². The Morgan fingerprint density at radius 2 is 1.85 bits per heavy atom. The first-order chi connectivity index (χ1) is 18.5. The molecular weight excluding hydrogens is 552 g/mol. The minimum atomic E-state index is -5.08. The van der Waals surface area contributed by atoms with Crippen molar-refractivity contribution in [3.8, 4) is 17.3 Å². The Morgan fingerprint density at radius 1 is 1.15 bits per heavy atom. The number of ether oxygens (including phenoxy) is 3. The van der Waals surface area contributed by atoms with E-state index in [1.165, 1.54) is 0 Å². The second-order valence-corrected chi connectivity index (χ2v) is 9.64. The number of alkyl halides is 4. The van der Waals surface area contributed by atoms with E-state index < -0.39 is 24.4 Å². The highest BCUT2D eigenvalue weighted by Crippen LogP contribution is 2.33. The van der Waals surface area contributed by atoms with Crippen LogP contribution in [0.1, 0.15) is 6.42 Å². The minimum Gasteiger partial charge on any atom is -0.475 e. The van der Waals surface area contributed by atoms with Crippen molar-refractivity contribution in [1.82, 2.24) is 15.0 Å². The molecule has 0 bridgehead atoms. The Labute approximate surface area is 223 Å². The van der Waals surface area contributed by atoms with Crippen LogP contribution in [0, 0.1) is 0 Å². The average Bonchev–Trinajstić information content (AvgIpc) is 3.66. The molecule has 0 saturated carbocycles. The lowest BCUT2D eigenvalue weighted by atomic mass is 10.1. The van der Waals surface area contributed by atoms with E-state index in [2.05, 4.69) is 15.0 Å². The number of H-pyrrole nitrogens is 1. The van der Waals surface area contributed by atoms with Gasteiger partial charge in [-0.2, -0.15) is 18.2 Å². The van der Waals surface area contributed by atoms with Crippen LogP contribution in [0.5, 0.6) is 6.01 Å². The molecule has 210 valence electrons. The van der Waals surface area contributed by atoms with Crippen molar-refractivity contribution in [2.45, 2.75) is 43.2 Å². The number of aromatic amines is 1. The third-order valence-electron chi connectivity index (χ3n) is 6.53. The SMILES string of the molecule is O=C(O)C(F)(F)F.O[C@@H]1CO[C@H]2[C@@H]1OC[C@H]2Oc1nc2nc(-c3ccc(N4CC[C@@H](F)C4)cc3)c(Cl)cc2[nH]1. The summed E-state index contributed by atoms with van der Waals surface area (Å²) in [4.78, 5) is 23.1. The molecule has 3 aromatic rings. The van der Waals surface area contributed by atoms with E-state index in [9.17, 15) is 22.7 Å². The number of carboxylic acids is 1. The summed E-state index contributed by atoms with van der Waals surface area (Å²) >= 11 is 6.51. The number of carbonyl (C=O) groups is 1. The van der Waals surface area contributed by atoms with E-state index in [1.54, 1.807) is 6.07 Å². The summed E-state index contributed by atoms with van der Waals surface area (Å²) in [6.45, 7) is 1.70. The van der Waals surface area contributed by atoms with Gasteiger partial charge in [-0.25, -0.2) is 14.2 Å². The molecule has 6 rings (SSSR count). The lowest BCUT2D eigenvalue weighted by molar-refractivity contribution is -0.192. The first kappa shape index (κ1) is 27.4. The topological polar surface area (TPSA) is 130 Å². The lowest BCUT2D eigenvalue weighted by Gasteiger charge is -2.17. The molecule has 0 unspecified atom stereocenters. The highest BCUT2D eigenvalue weighted by molar-refractivity contribution is 6.33. The molecule has 0 amide bonds. The van der Waals surface area contributed by atoms with Gasteiger partial charge in [-0.05, 0) is 24.6 Å². The van der Waals surface area contributed by atoms with E-state index >= 15 is 0 Å². The van der Waals surface area contributed by atoms with Gasteiger partial charge in [0.25, 0.3) is 6.01 Å². The number of imidazole rings is 1. The standard InChI is InChI=1S/C22H22ClFN4O4.C2HF3O2/c23-14-7-15-21(27-22(25-15)32-17-10-31-19-16(29)9-30-20(17)19)26-18(14)11-1-3-13(4-2-11)28-6-5-12(24)8-28;3-2(4,5)1(6)7/h1-4,7,12,16-17,19-20,29H,5-6,8-10H2,(H,25,26,27);(H,6,7)/t12-,16-,17-,19-,20-;/m1./s1. The average molecular weight is 575 g/mol. The summed E-state index contributed by atoms with van der Waals surface area (Å²) in [5, 5.41) is 17.5. The first-order valence-corrected chi connectivity index (χ1v) is 12.3. The van der Waals surface area contributed by atoms with Gasteiger partial charge in [0.1, 0.15) is 24.5 Å². The number of benzene rings is 1.